The van der Waals surface area contributed by atoms with Crippen LogP contribution in [0.5, 0.6) is 5.75 Å². The van der Waals surface area contributed by atoms with E-state index in [1.807, 2.05) is 12.1 Å². The summed E-state index contributed by atoms with van der Waals surface area (Å²) >= 11 is 0. The lowest BCUT2D eigenvalue weighted by molar-refractivity contribution is -0.192. The van der Waals surface area contributed by atoms with Crippen LogP contribution in [-0.4, -0.2) is 35.5 Å². The van der Waals surface area contributed by atoms with Crippen LogP contribution in [0.15, 0.2) is 48.5 Å². The molecule has 0 atom stereocenters. The van der Waals surface area contributed by atoms with E-state index in [0.29, 0.717) is 16.9 Å². The molecule has 0 aliphatic rings. The first-order chi connectivity index (χ1) is 13.1. The Morgan fingerprint density at radius 3 is 1.82 bits per heavy atom. The maximum atomic E-state index is 12.0. The summed E-state index contributed by atoms with van der Waals surface area (Å²) in [7, 11) is 0. The Hall–Kier alpha value is -3.20. The van der Waals surface area contributed by atoms with Crippen LogP contribution in [0.1, 0.15) is 33.2 Å². The van der Waals surface area contributed by atoms with Crippen LogP contribution < -0.4 is 10.5 Å². The van der Waals surface area contributed by atoms with Crippen LogP contribution in [0.25, 0.3) is 0 Å². The molecule has 28 heavy (non-hydrogen) atoms. The topological polar surface area (TPSA) is 107 Å². The molecule has 2 rings (SSSR count). The second-order valence-corrected chi connectivity index (χ2v) is 5.39. The van der Waals surface area contributed by atoms with Gasteiger partial charge in [-0.3, -0.25) is 4.79 Å². The number of hydrogen-bond acceptors (Lipinski definition) is 5. The molecule has 150 valence electrons. The maximum Gasteiger partial charge on any atom is 0.490 e. The zero-order chi connectivity index (χ0) is 21.3. The second kappa shape index (κ2) is 10.2. The highest BCUT2D eigenvalue weighted by Gasteiger charge is 2.38. The highest BCUT2D eigenvalue weighted by Crippen LogP contribution is 2.15. The number of hydrogen-bond donors (Lipinski definition) is 2. The van der Waals surface area contributed by atoms with Gasteiger partial charge in [0.05, 0.1) is 12.1 Å². The normalized spacial score (nSPS) is 10.5. The molecule has 0 aliphatic carbocycles. The summed E-state index contributed by atoms with van der Waals surface area (Å²) in [6.07, 6.45) is -4.16. The number of rotatable bonds is 5. The second-order valence-electron chi connectivity index (χ2n) is 5.39. The molecule has 0 aromatic heterocycles. The lowest BCUT2D eigenvalue weighted by Gasteiger charge is -2.06. The van der Waals surface area contributed by atoms with E-state index in [1.54, 1.807) is 36.4 Å². The van der Waals surface area contributed by atoms with E-state index in [0.717, 1.165) is 12.0 Å². The predicted molar refractivity (Wildman–Crippen MR) is 94.3 cm³/mol. The Morgan fingerprint density at radius 1 is 0.964 bits per heavy atom. The van der Waals surface area contributed by atoms with Crippen molar-refractivity contribution in [2.45, 2.75) is 19.5 Å². The van der Waals surface area contributed by atoms with Gasteiger partial charge >= 0.3 is 18.1 Å². The third-order valence-electron chi connectivity index (χ3n) is 3.41. The number of Topliss-reactive ketones (excluding diaryl/α,β-unsaturated/α-hetero) is 1. The lowest BCUT2D eigenvalue weighted by atomic mass is 10.1. The van der Waals surface area contributed by atoms with Crippen molar-refractivity contribution in [2.24, 2.45) is 5.73 Å². The number of esters is 1. The number of carbonyl (C=O) groups is 3. The van der Waals surface area contributed by atoms with E-state index in [-0.39, 0.29) is 12.3 Å². The summed E-state index contributed by atoms with van der Waals surface area (Å²) < 4.78 is 37.0. The molecule has 0 spiro atoms. The molecular formula is C19H18F3NO5. The van der Waals surface area contributed by atoms with Gasteiger partial charge in [0, 0.05) is 5.56 Å². The first-order valence-electron chi connectivity index (χ1n) is 8.03. The third-order valence-corrected chi connectivity index (χ3v) is 3.41. The van der Waals surface area contributed by atoms with Crippen LogP contribution in [0, 0.1) is 0 Å². The molecule has 9 heteroatoms. The molecule has 3 N–H and O–H groups in total. The fourth-order valence-corrected chi connectivity index (χ4v) is 1.87. The SMILES string of the molecule is CCc1ccc(C(=O)Oc2ccc(C(=O)CN)cc2)cc1.O=C(O)C(F)(F)F. The minimum absolute atomic E-state index is 0.0388. The molecule has 0 aliphatic heterocycles. The Kier molecular flexibility index (Phi) is 8.33. The lowest BCUT2D eigenvalue weighted by Crippen LogP contribution is -2.21. The molecule has 2 aromatic rings. The highest BCUT2D eigenvalue weighted by molar-refractivity contribution is 5.97. The number of halogens is 3. The van der Waals surface area contributed by atoms with Crippen molar-refractivity contribution in [3.05, 3.63) is 65.2 Å². The van der Waals surface area contributed by atoms with E-state index >= 15 is 0 Å². The fraction of sp³-hybridized carbons (Fsp3) is 0.211. The molecule has 2 aromatic carbocycles. The van der Waals surface area contributed by atoms with E-state index < -0.39 is 18.1 Å². The number of aryl methyl sites for hydroxylation is 1. The van der Waals surface area contributed by atoms with Crippen LogP contribution in [0.3, 0.4) is 0 Å². The smallest absolute Gasteiger partial charge is 0.475 e. The average Bonchev–Trinajstić information content (AvgIpc) is 2.67. The van der Waals surface area contributed by atoms with Gasteiger partial charge in [0.25, 0.3) is 0 Å². The molecule has 0 unspecified atom stereocenters. The first-order valence-corrected chi connectivity index (χ1v) is 8.03. The standard InChI is InChI=1S/C17H17NO3.C2HF3O2/c1-2-12-3-5-14(6-4-12)17(20)21-15-9-7-13(8-10-15)16(19)11-18;3-2(4,5)1(6)7/h3-10H,2,11,18H2,1H3;(H,6,7). The fourth-order valence-electron chi connectivity index (χ4n) is 1.87. The van der Waals surface area contributed by atoms with Crippen molar-refractivity contribution in [3.8, 4) is 5.75 Å². The van der Waals surface area contributed by atoms with E-state index in [9.17, 15) is 22.8 Å². The van der Waals surface area contributed by atoms with Crippen LogP contribution in [-0.2, 0) is 11.2 Å². The van der Waals surface area contributed by atoms with Crippen molar-refractivity contribution >= 4 is 17.7 Å². The molecule has 0 bridgehead atoms. The van der Waals surface area contributed by atoms with Gasteiger partial charge < -0.3 is 15.6 Å². The summed E-state index contributed by atoms with van der Waals surface area (Å²) in [5, 5.41) is 7.12. The number of nitrogens with two attached hydrogens (primary N) is 1. The summed E-state index contributed by atoms with van der Waals surface area (Å²) in [4.78, 5) is 32.3. The Bertz CT molecular complexity index is 815. The summed E-state index contributed by atoms with van der Waals surface area (Å²) in [5.41, 5.74) is 7.45. The van der Waals surface area contributed by atoms with Crippen LogP contribution in [0.2, 0.25) is 0 Å². The monoisotopic (exact) mass is 397 g/mol. The van der Waals surface area contributed by atoms with Gasteiger partial charge in [-0.15, -0.1) is 0 Å². The van der Waals surface area contributed by atoms with Crippen molar-refractivity contribution in [1.82, 2.24) is 0 Å². The van der Waals surface area contributed by atoms with E-state index in [4.69, 9.17) is 20.4 Å². The van der Waals surface area contributed by atoms with Gasteiger partial charge in [0.15, 0.2) is 5.78 Å². The van der Waals surface area contributed by atoms with Crippen molar-refractivity contribution in [3.63, 3.8) is 0 Å². The van der Waals surface area contributed by atoms with Gasteiger partial charge in [-0.05, 0) is 48.4 Å². The number of carbonyl (C=O) groups excluding carboxylic acids is 2. The molecule has 6 nitrogen and oxygen atoms in total. The zero-order valence-corrected chi connectivity index (χ0v) is 14.8. The van der Waals surface area contributed by atoms with Gasteiger partial charge in [-0.25, -0.2) is 9.59 Å². The first kappa shape index (κ1) is 22.8. The number of ether oxygens (including phenoxy) is 1. The number of ketones is 1. The predicted octanol–water partition coefficient (Wildman–Crippen LogP) is 3.24. The number of carboxylic acids is 1. The average molecular weight is 397 g/mol. The highest BCUT2D eigenvalue weighted by atomic mass is 19.4. The molecule has 0 heterocycles. The van der Waals surface area contributed by atoms with Crippen molar-refractivity contribution in [1.29, 1.82) is 0 Å². The minimum Gasteiger partial charge on any atom is -0.475 e. The quantitative estimate of drug-likeness (QED) is 0.456. The molecule has 0 saturated heterocycles. The van der Waals surface area contributed by atoms with Gasteiger partial charge in [-0.1, -0.05) is 19.1 Å². The van der Waals surface area contributed by atoms with Gasteiger partial charge in [0.1, 0.15) is 5.75 Å². The third kappa shape index (κ3) is 7.20. The zero-order valence-electron chi connectivity index (χ0n) is 14.8. The number of aliphatic carboxylic acids is 1. The Labute approximate surface area is 158 Å². The molecular weight excluding hydrogens is 379 g/mol. The number of benzene rings is 2. The molecule has 0 fully saturated rings. The summed E-state index contributed by atoms with van der Waals surface area (Å²) in [5.74, 6) is -2.93. The van der Waals surface area contributed by atoms with E-state index in [1.165, 1.54) is 0 Å². The molecule has 0 amide bonds. The van der Waals surface area contributed by atoms with Crippen LogP contribution in [0.4, 0.5) is 13.2 Å². The van der Waals surface area contributed by atoms with Crippen molar-refractivity contribution < 1.29 is 37.4 Å². The molecule has 0 saturated carbocycles. The van der Waals surface area contributed by atoms with E-state index in [2.05, 4.69) is 6.92 Å². The van der Waals surface area contributed by atoms with Gasteiger partial charge in [0.2, 0.25) is 0 Å². The van der Waals surface area contributed by atoms with Gasteiger partial charge in [-0.2, -0.15) is 13.2 Å². The largest absolute Gasteiger partial charge is 0.490 e. The Balaban J connectivity index is 0.000000480. The molecule has 0 radical (unpaired) electrons. The number of alkyl halides is 3. The summed E-state index contributed by atoms with van der Waals surface area (Å²) in [6, 6.07) is 13.7. The van der Waals surface area contributed by atoms with Crippen LogP contribution >= 0.6 is 0 Å². The Morgan fingerprint density at radius 2 is 1.43 bits per heavy atom. The summed E-state index contributed by atoms with van der Waals surface area (Å²) in [6.45, 7) is 2.01. The number of carboxylic acid groups (broad SMARTS) is 1. The minimum atomic E-state index is -5.08. The maximum absolute atomic E-state index is 12.0. The van der Waals surface area contributed by atoms with Crippen molar-refractivity contribution in [2.75, 3.05) is 6.54 Å².